The number of hydrogen-bond acceptors (Lipinski definition) is 3. The summed E-state index contributed by atoms with van der Waals surface area (Å²) in [6, 6.07) is 10.6. The molecule has 1 aromatic heterocycles. The molecule has 0 unspecified atom stereocenters. The molecule has 0 bridgehead atoms. The second kappa shape index (κ2) is 7.84. The molecule has 24 heavy (non-hydrogen) atoms. The lowest BCUT2D eigenvalue weighted by Crippen LogP contribution is -2.44. The lowest BCUT2D eigenvalue weighted by atomic mass is 9.86. The summed E-state index contributed by atoms with van der Waals surface area (Å²) in [5.41, 5.74) is 2.65. The molecule has 0 N–H and O–H groups in total. The molecule has 3 rings (SSSR count). The van der Waals surface area contributed by atoms with Gasteiger partial charge in [0.15, 0.2) is 0 Å². The Balaban J connectivity index is 1.76. The fraction of sp³-hybridized carbons (Fsp3) is 0.450. The van der Waals surface area contributed by atoms with E-state index in [1.54, 1.807) is 18.4 Å². The van der Waals surface area contributed by atoms with Crippen LogP contribution in [0.25, 0.3) is 0 Å². The monoisotopic (exact) mass is 343 g/mol. The molecule has 0 radical (unpaired) electrons. The maximum absolute atomic E-state index is 12.8. The molecular weight excluding hydrogens is 318 g/mol. The molecule has 0 fully saturated rings. The first-order chi connectivity index (χ1) is 11.7. The third-order valence-electron chi connectivity index (χ3n) is 4.76. The van der Waals surface area contributed by atoms with Gasteiger partial charge >= 0.3 is 0 Å². The number of benzene rings is 1. The SMILES string of the molecule is CCCN(C(=O)Cc1cccs1)[C@H]1CCc2c(cccc2OC)C1. The molecule has 3 nitrogen and oxygen atoms in total. The fourth-order valence-corrected chi connectivity index (χ4v) is 4.32. The number of nitrogens with zero attached hydrogens (tertiary/aromatic N) is 1. The highest BCUT2D eigenvalue weighted by Crippen LogP contribution is 2.31. The second-order valence-corrected chi connectivity index (χ2v) is 7.37. The third-order valence-corrected chi connectivity index (χ3v) is 5.64. The maximum Gasteiger partial charge on any atom is 0.228 e. The van der Waals surface area contributed by atoms with Gasteiger partial charge in [-0.25, -0.2) is 0 Å². The normalized spacial score (nSPS) is 16.5. The average molecular weight is 343 g/mol. The van der Waals surface area contributed by atoms with Gasteiger partial charge in [0.2, 0.25) is 5.91 Å². The van der Waals surface area contributed by atoms with E-state index < -0.39 is 0 Å². The van der Waals surface area contributed by atoms with E-state index >= 15 is 0 Å². The van der Waals surface area contributed by atoms with E-state index in [-0.39, 0.29) is 5.91 Å². The molecule has 4 heteroatoms. The van der Waals surface area contributed by atoms with Gasteiger partial charge in [0.1, 0.15) is 5.75 Å². The van der Waals surface area contributed by atoms with Crippen LogP contribution >= 0.6 is 11.3 Å². The Bertz CT molecular complexity index is 681. The van der Waals surface area contributed by atoms with Crippen LogP contribution in [0, 0.1) is 0 Å². The van der Waals surface area contributed by atoms with Crippen LogP contribution < -0.4 is 4.74 Å². The molecule has 0 aliphatic heterocycles. The fourth-order valence-electron chi connectivity index (χ4n) is 3.63. The van der Waals surface area contributed by atoms with Gasteiger partial charge in [0, 0.05) is 17.5 Å². The minimum Gasteiger partial charge on any atom is -0.496 e. The Morgan fingerprint density at radius 2 is 2.21 bits per heavy atom. The minimum atomic E-state index is 0.260. The Morgan fingerprint density at radius 3 is 2.92 bits per heavy atom. The van der Waals surface area contributed by atoms with Crippen molar-refractivity contribution in [3.63, 3.8) is 0 Å². The molecule has 0 saturated carbocycles. The molecular formula is C20H25NO2S. The zero-order valence-electron chi connectivity index (χ0n) is 14.5. The quantitative estimate of drug-likeness (QED) is 0.790. The van der Waals surface area contributed by atoms with Gasteiger partial charge in [0.05, 0.1) is 13.5 Å². The van der Waals surface area contributed by atoms with E-state index in [4.69, 9.17) is 4.74 Å². The number of carbonyl (C=O) groups excluding carboxylic acids is 1. The van der Waals surface area contributed by atoms with Crippen LogP contribution in [-0.2, 0) is 24.1 Å². The van der Waals surface area contributed by atoms with Crippen LogP contribution in [0.5, 0.6) is 5.75 Å². The second-order valence-electron chi connectivity index (χ2n) is 6.34. The standard InChI is InChI=1S/C20H25NO2S/c1-3-11-21(20(22)14-17-7-5-12-24-17)16-9-10-18-15(13-16)6-4-8-19(18)23-2/h4-8,12,16H,3,9-11,13-14H2,1-2H3/t16-/m0/s1. The highest BCUT2D eigenvalue weighted by atomic mass is 32.1. The van der Waals surface area contributed by atoms with E-state index in [0.717, 1.165) is 42.9 Å². The van der Waals surface area contributed by atoms with E-state index in [1.165, 1.54) is 11.1 Å². The van der Waals surface area contributed by atoms with E-state index in [0.29, 0.717) is 12.5 Å². The van der Waals surface area contributed by atoms with Gasteiger partial charge in [-0.2, -0.15) is 0 Å². The van der Waals surface area contributed by atoms with Crippen molar-refractivity contribution >= 4 is 17.2 Å². The van der Waals surface area contributed by atoms with Crippen molar-refractivity contribution in [1.29, 1.82) is 0 Å². The molecule has 1 aromatic carbocycles. The number of hydrogen-bond donors (Lipinski definition) is 0. The van der Waals surface area contributed by atoms with Crippen molar-refractivity contribution < 1.29 is 9.53 Å². The van der Waals surface area contributed by atoms with E-state index in [9.17, 15) is 4.79 Å². The van der Waals surface area contributed by atoms with Crippen molar-refractivity contribution in [3.05, 3.63) is 51.7 Å². The van der Waals surface area contributed by atoms with E-state index in [1.807, 2.05) is 23.6 Å². The lowest BCUT2D eigenvalue weighted by molar-refractivity contribution is -0.133. The summed E-state index contributed by atoms with van der Waals surface area (Å²) in [5.74, 6) is 1.24. The van der Waals surface area contributed by atoms with Crippen molar-refractivity contribution in [1.82, 2.24) is 4.90 Å². The first-order valence-electron chi connectivity index (χ1n) is 8.69. The van der Waals surface area contributed by atoms with Crippen molar-refractivity contribution in [3.8, 4) is 5.75 Å². The summed E-state index contributed by atoms with van der Waals surface area (Å²) in [7, 11) is 1.73. The molecule has 0 spiro atoms. The third kappa shape index (κ3) is 3.64. The zero-order chi connectivity index (χ0) is 16.9. The Morgan fingerprint density at radius 1 is 1.33 bits per heavy atom. The van der Waals surface area contributed by atoms with Gasteiger partial charge in [-0.3, -0.25) is 4.79 Å². The zero-order valence-corrected chi connectivity index (χ0v) is 15.3. The largest absolute Gasteiger partial charge is 0.496 e. The molecule has 2 aromatic rings. The topological polar surface area (TPSA) is 29.5 Å². The van der Waals surface area contributed by atoms with Crippen LogP contribution in [-0.4, -0.2) is 30.5 Å². The highest BCUT2D eigenvalue weighted by Gasteiger charge is 2.28. The summed E-state index contributed by atoms with van der Waals surface area (Å²) < 4.78 is 5.49. The van der Waals surface area contributed by atoms with Crippen LogP contribution in [0.1, 0.15) is 35.8 Å². The molecule has 1 amide bonds. The van der Waals surface area contributed by atoms with Crippen LogP contribution in [0.2, 0.25) is 0 Å². The smallest absolute Gasteiger partial charge is 0.228 e. The Labute approximate surface area is 148 Å². The molecule has 1 aliphatic rings. The summed E-state index contributed by atoms with van der Waals surface area (Å²) in [4.78, 5) is 16.1. The van der Waals surface area contributed by atoms with Gasteiger partial charge < -0.3 is 9.64 Å². The van der Waals surface area contributed by atoms with Crippen LogP contribution in [0.4, 0.5) is 0 Å². The van der Waals surface area contributed by atoms with Crippen molar-refractivity contribution in [2.45, 2.75) is 45.1 Å². The van der Waals surface area contributed by atoms with Gasteiger partial charge in [-0.1, -0.05) is 25.1 Å². The Kier molecular flexibility index (Phi) is 5.56. The molecule has 1 heterocycles. The number of amides is 1. The summed E-state index contributed by atoms with van der Waals surface area (Å²) in [6.07, 6.45) is 4.46. The first kappa shape index (κ1) is 17.0. The lowest BCUT2D eigenvalue weighted by Gasteiger charge is -2.35. The highest BCUT2D eigenvalue weighted by molar-refractivity contribution is 7.10. The molecule has 0 saturated heterocycles. The number of fused-ring (bicyclic) bond motifs is 1. The van der Waals surface area contributed by atoms with Crippen LogP contribution in [0.3, 0.4) is 0 Å². The van der Waals surface area contributed by atoms with Crippen molar-refractivity contribution in [2.24, 2.45) is 0 Å². The molecule has 1 aliphatic carbocycles. The molecule has 128 valence electrons. The Hall–Kier alpha value is -1.81. The number of thiophene rings is 1. The van der Waals surface area contributed by atoms with Crippen molar-refractivity contribution in [2.75, 3.05) is 13.7 Å². The predicted molar refractivity (Wildman–Crippen MR) is 98.8 cm³/mol. The minimum absolute atomic E-state index is 0.260. The number of methoxy groups -OCH3 is 1. The van der Waals surface area contributed by atoms with Gasteiger partial charge in [-0.15, -0.1) is 11.3 Å². The summed E-state index contributed by atoms with van der Waals surface area (Å²) >= 11 is 1.66. The average Bonchev–Trinajstić information content (AvgIpc) is 3.11. The van der Waals surface area contributed by atoms with E-state index in [2.05, 4.69) is 24.0 Å². The summed E-state index contributed by atoms with van der Waals surface area (Å²) in [6.45, 7) is 2.99. The number of ether oxygens (including phenoxy) is 1. The van der Waals surface area contributed by atoms with Crippen LogP contribution in [0.15, 0.2) is 35.7 Å². The maximum atomic E-state index is 12.8. The van der Waals surface area contributed by atoms with Gasteiger partial charge in [0.25, 0.3) is 0 Å². The first-order valence-corrected chi connectivity index (χ1v) is 9.57. The predicted octanol–water partition coefficient (Wildman–Crippen LogP) is 4.10. The molecule has 1 atom stereocenters. The summed E-state index contributed by atoms with van der Waals surface area (Å²) in [5, 5.41) is 2.04. The number of carbonyl (C=O) groups is 1. The number of rotatable bonds is 6. The van der Waals surface area contributed by atoms with Gasteiger partial charge in [-0.05, 0) is 54.3 Å².